The number of esters is 1. The normalized spacial score (nSPS) is 20.9. The summed E-state index contributed by atoms with van der Waals surface area (Å²) >= 11 is 6.02. The third-order valence-electron chi connectivity index (χ3n) is 5.93. The maximum Gasteiger partial charge on any atom is 0.337 e. The standard InChI is InChI=1S/C26H25ClFNO3/c1-14(2)32-26(31)23-15(3)29-21-12-18(16-4-8-19(27)9-5-16)13-22(30)25(21)24(23)17-6-10-20(28)11-7-17/h4-11,14,18,24,29H,12-13H2,1-3H3. The Morgan fingerprint density at radius 3 is 2.31 bits per heavy atom. The number of ketones is 1. The van der Waals surface area contributed by atoms with Crippen molar-refractivity contribution in [2.75, 3.05) is 0 Å². The van der Waals surface area contributed by atoms with Gasteiger partial charge in [0.1, 0.15) is 5.82 Å². The quantitative estimate of drug-likeness (QED) is 0.595. The molecule has 2 atom stereocenters. The molecule has 6 heteroatoms. The molecule has 32 heavy (non-hydrogen) atoms. The van der Waals surface area contributed by atoms with Crippen LogP contribution in [-0.2, 0) is 14.3 Å². The fraction of sp³-hybridized carbons (Fsp3) is 0.308. The van der Waals surface area contributed by atoms with E-state index in [4.69, 9.17) is 16.3 Å². The number of benzene rings is 2. The van der Waals surface area contributed by atoms with E-state index in [0.29, 0.717) is 40.3 Å². The molecular weight excluding hydrogens is 429 g/mol. The highest BCUT2D eigenvalue weighted by molar-refractivity contribution is 6.30. The predicted octanol–water partition coefficient (Wildman–Crippen LogP) is 5.79. The first-order valence-corrected chi connectivity index (χ1v) is 11.1. The van der Waals surface area contributed by atoms with Crippen LogP contribution in [0.4, 0.5) is 4.39 Å². The van der Waals surface area contributed by atoms with Crippen molar-refractivity contribution < 1.29 is 18.7 Å². The second kappa shape index (κ2) is 8.91. The van der Waals surface area contributed by atoms with Gasteiger partial charge in [-0.25, -0.2) is 9.18 Å². The van der Waals surface area contributed by atoms with Gasteiger partial charge >= 0.3 is 5.97 Å². The maximum absolute atomic E-state index is 13.6. The zero-order chi connectivity index (χ0) is 23.0. The SMILES string of the molecule is CC1=C(C(=O)OC(C)C)C(c2ccc(F)cc2)C2=C(CC(c3ccc(Cl)cc3)CC2=O)N1. The highest BCUT2D eigenvalue weighted by Crippen LogP contribution is 2.45. The van der Waals surface area contributed by atoms with Crippen LogP contribution in [0.15, 0.2) is 71.1 Å². The molecule has 2 aromatic carbocycles. The number of hydrogen-bond acceptors (Lipinski definition) is 4. The summed E-state index contributed by atoms with van der Waals surface area (Å²) in [7, 11) is 0. The van der Waals surface area contributed by atoms with E-state index >= 15 is 0 Å². The Morgan fingerprint density at radius 2 is 1.69 bits per heavy atom. The van der Waals surface area contributed by atoms with Crippen molar-refractivity contribution in [3.8, 4) is 0 Å². The molecule has 0 bridgehead atoms. The number of ether oxygens (including phenoxy) is 1. The van der Waals surface area contributed by atoms with Crippen molar-refractivity contribution in [2.45, 2.75) is 51.6 Å². The summed E-state index contributed by atoms with van der Waals surface area (Å²) in [5.74, 6) is -1.47. The van der Waals surface area contributed by atoms with Crippen LogP contribution in [0.3, 0.4) is 0 Å². The second-order valence-corrected chi connectivity index (χ2v) is 9.01. The second-order valence-electron chi connectivity index (χ2n) is 8.57. The highest BCUT2D eigenvalue weighted by Gasteiger charge is 2.41. The van der Waals surface area contributed by atoms with E-state index in [1.165, 1.54) is 12.1 Å². The number of dihydropyridines is 1. The van der Waals surface area contributed by atoms with Crippen molar-refractivity contribution in [3.05, 3.63) is 93.0 Å². The molecule has 2 unspecified atom stereocenters. The topological polar surface area (TPSA) is 55.4 Å². The zero-order valence-corrected chi connectivity index (χ0v) is 19.0. The van der Waals surface area contributed by atoms with Crippen LogP contribution in [-0.4, -0.2) is 17.9 Å². The van der Waals surface area contributed by atoms with Gasteiger partial charge < -0.3 is 10.1 Å². The molecule has 2 aromatic rings. The molecule has 1 N–H and O–H groups in total. The first kappa shape index (κ1) is 22.3. The van der Waals surface area contributed by atoms with Gasteiger partial charge in [-0.05, 0) is 68.5 Å². The van der Waals surface area contributed by atoms with Gasteiger partial charge in [-0.15, -0.1) is 0 Å². The molecule has 0 radical (unpaired) electrons. The molecule has 1 heterocycles. The minimum Gasteiger partial charge on any atom is -0.460 e. The van der Waals surface area contributed by atoms with Crippen LogP contribution in [0, 0.1) is 5.82 Å². The molecule has 1 aliphatic carbocycles. The first-order valence-electron chi connectivity index (χ1n) is 10.7. The molecule has 2 aliphatic rings. The molecule has 1 aliphatic heterocycles. The highest BCUT2D eigenvalue weighted by atomic mass is 35.5. The summed E-state index contributed by atoms with van der Waals surface area (Å²) in [6.45, 7) is 5.38. The van der Waals surface area contributed by atoms with Crippen molar-refractivity contribution in [1.82, 2.24) is 5.32 Å². The van der Waals surface area contributed by atoms with Gasteiger partial charge in [-0.2, -0.15) is 0 Å². The smallest absolute Gasteiger partial charge is 0.337 e. The van der Waals surface area contributed by atoms with E-state index in [9.17, 15) is 14.0 Å². The van der Waals surface area contributed by atoms with Gasteiger partial charge in [-0.1, -0.05) is 35.9 Å². The van der Waals surface area contributed by atoms with Gasteiger partial charge in [-0.3, -0.25) is 4.79 Å². The molecule has 0 amide bonds. The molecule has 166 valence electrons. The number of allylic oxidation sites excluding steroid dienone is 3. The Hall–Kier alpha value is -2.92. The molecule has 0 spiro atoms. The van der Waals surface area contributed by atoms with Crippen molar-refractivity contribution in [3.63, 3.8) is 0 Å². The third-order valence-corrected chi connectivity index (χ3v) is 6.19. The van der Waals surface area contributed by atoms with Crippen LogP contribution < -0.4 is 5.32 Å². The Balaban J connectivity index is 1.78. The molecule has 0 saturated carbocycles. The lowest BCUT2D eigenvalue weighted by molar-refractivity contribution is -0.143. The zero-order valence-electron chi connectivity index (χ0n) is 18.2. The number of hydrogen-bond donors (Lipinski definition) is 1. The van der Waals surface area contributed by atoms with E-state index in [1.807, 2.05) is 31.2 Å². The molecule has 4 rings (SSSR count). The fourth-order valence-corrected chi connectivity index (χ4v) is 4.67. The fourth-order valence-electron chi connectivity index (χ4n) is 4.55. The lowest BCUT2D eigenvalue weighted by Crippen LogP contribution is -2.36. The van der Waals surface area contributed by atoms with Crippen LogP contribution in [0.5, 0.6) is 0 Å². The summed E-state index contributed by atoms with van der Waals surface area (Å²) in [5.41, 5.74) is 4.13. The third kappa shape index (κ3) is 4.35. The predicted molar refractivity (Wildman–Crippen MR) is 122 cm³/mol. The van der Waals surface area contributed by atoms with Crippen LogP contribution in [0.25, 0.3) is 0 Å². The van der Waals surface area contributed by atoms with Gasteiger partial charge in [0.15, 0.2) is 5.78 Å². The summed E-state index contributed by atoms with van der Waals surface area (Å²) < 4.78 is 19.1. The molecule has 0 saturated heterocycles. The number of halogens is 2. The molecule has 0 aromatic heterocycles. The average molecular weight is 454 g/mol. The Kier molecular flexibility index (Phi) is 6.20. The van der Waals surface area contributed by atoms with Crippen molar-refractivity contribution >= 4 is 23.4 Å². The largest absolute Gasteiger partial charge is 0.460 e. The van der Waals surface area contributed by atoms with Gasteiger partial charge in [0.2, 0.25) is 0 Å². The number of nitrogens with one attached hydrogen (secondary N) is 1. The Labute approximate surface area is 192 Å². The number of carbonyl (C=O) groups is 2. The van der Waals surface area contributed by atoms with Crippen LogP contribution >= 0.6 is 11.6 Å². The lowest BCUT2D eigenvalue weighted by atomic mass is 9.72. The maximum atomic E-state index is 13.6. The first-order chi connectivity index (χ1) is 15.2. The Morgan fingerprint density at radius 1 is 1.06 bits per heavy atom. The van der Waals surface area contributed by atoms with Crippen LogP contribution in [0.1, 0.15) is 56.6 Å². The minimum atomic E-state index is -0.600. The molecule has 0 fully saturated rings. The summed E-state index contributed by atoms with van der Waals surface area (Å²) in [5, 5.41) is 3.96. The number of Topliss-reactive ketones (excluding diaryl/α,β-unsaturated/α-hetero) is 1. The summed E-state index contributed by atoms with van der Waals surface area (Å²) in [4.78, 5) is 26.5. The van der Waals surface area contributed by atoms with E-state index in [2.05, 4.69) is 5.32 Å². The minimum absolute atomic E-state index is 0.0110. The Bertz CT molecular complexity index is 1120. The number of carbonyl (C=O) groups excluding carboxylic acids is 2. The van der Waals surface area contributed by atoms with Crippen LogP contribution in [0.2, 0.25) is 5.02 Å². The van der Waals surface area contributed by atoms with E-state index in [-0.39, 0.29) is 23.6 Å². The molecular formula is C26H25ClFNO3. The van der Waals surface area contributed by atoms with E-state index in [1.54, 1.807) is 26.0 Å². The molecule has 4 nitrogen and oxygen atoms in total. The van der Waals surface area contributed by atoms with Gasteiger partial charge in [0.25, 0.3) is 0 Å². The van der Waals surface area contributed by atoms with Gasteiger partial charge in [0, 0.05) is 34.3 Å². The lowest BCUT2D eigenvalue weighted by Gasteiger charge is -2.37. The summed E-state index contributed by atoms with van der Waals surface area (Å²) in [6, 6.07) is 13.5. The summed E-state index contributed by atoms with van der Waals surface area (Å²) in [6.07, 6.45) is 0.652. The van der Waals surface area contributed by atoms with Crippen molar-refractivity contribution in [1.29, 1.82) is 0 Å². The van der Waals surface area contributed by atoms with Crippen molar-refractivity contribution in [2.24, 2.45) is 0 Å². The van der Waals surface area contributed by atoms with Gasteiger partial charge in [0.05, 0.1) is 11.7 Å². The van der Waals surface area contributed by atoms with E-state index < -0.39 is 11.9 Å². The monoisotopic (exact) mass is 453 g/mol. The van der Waals surface area contributed by atoms with E-state index in [0.717, 1.165) is 11.3 Å². The number of rotatable bonds is 4. The average Bonchev–Trinajstić information content (AvgIpc) is 2.73.